The topological polar surface area (TPSA) is 49.9 Å². The number of carbonyl (C=O) groups excluding carboxylic acids is 2. The molecule has 118 valence electrons. The fourth-order valence-corrected chi connectivity index (χ4v) is 2.71. The molecule has 2 amide bonds. The maximum atomic E-state index is 12.5. The van der Waals surface area contributed by atoms with E-state index in [9.17, 15) is 9.59 Å². The van der Waals surface area contributed by atoms with E-state index in [4.69, 9.17) is 4.74 Å². The van der Waals surface area contributed by atoms with Gasteiger partial charge in [-0.2, -0.15) is 0 Å². The molecule has 0 unspecified atom stereocenters. The van der Waals surface area contributed by atoms with Gasteiger partial charge in [-0.15, -0.1) is 0 Å². The Bertz CT molecular complexity index is 715. The average molecular weight is 310 g/mol. The van der Waals surface area contributed by atoms with Crippen LogP contribution < -0.4 is 9.64 Å². The van der Waals surface area contributed by atoms with Crippen molar-refractivity contribution in [1.29, 1.82) is 0 Å². The molecular weight excluding hydrogens is 292 g/mol. The smallest absolute Gasteiger partial charge is 0.316 e. The van der Waals surface area contributed by atoms with Crippen LogP contribution in [0.5, 0.6) is 5.75 Å². The summed E-state index contributed by atoms with van der Waals surface area (Å²) in [4.78, 5) is 28.0. The van der Waals surface area contributed by atoms with E-state index in [1.807, 2.05) is 42.5 Å². The van der Waals surface area contributed by atoms with Gasteiger partial charge >= 0.3 is 11.8 Å². The molecule has 1 saturated heterocycles. The minimum atomic E-state index is -0.517. The number of amides is 2. The summed E-state index contributed by atoms with van der Waals surface area (Å²) >= 11 is 0. The number of carbonyl (C=O) groups is 2. The molecule has 1 heterocycles. The van der Waals surface area contributed by atoms with Gasteiger partial charge in [-0.1, -0.05) is 42.5 Å². The van der Waals surface area contributed by atoms with Crippen molar-refractivity contribution in [3.63, 3.8) is 0 Å². The summed E-state index contributed by atoms with van der Waals surface area (Å²) in [6.45, 7) is 1.40. The Hall–Kier alpha value is -2.82. The van der Waals surface area contributed by atoms with Gasteiger partial charge in [0.2, 0.25) is 0 Å². The fourth-order valence-electron chi connectivity index (χ4n) is 2.71. The van der Waals surface area contributed by atoms with Crippen molar-refractivity contribution >= 4 is 17.5 Å². The molecule has 0 saturated carbocycles. The first-order valence-corrected chi connectivity index (χ1v) is 7.48. The van der Waals surface area contributed by atoms with Crippen molar-refractivity contribution in [3.8, 4) is 5.75 Å². The van der Waals surface area contributed by atoms with Gasteiger partial charge < -0.3 is 9.64 Å². The zero-order chi connectivity index (χ0) is 16.2. The number of hydrogen-bond donors (Lipinski definition) is 0. The molecular formula is C18H18N2O3. The molecule has 0 aliphatic carbocycles. The van der Waals surface area contributed by atoms with E-state index in [0.29, 0.717) is 31.1 Å². The summed E-state index contributed by atoms with van der Waals surface area (Å²) in [6.07, 6.45) is 0. The molecule has 0 bridgehead atoms. The lowest BCUT2D eigenvalue weighted by atomic mass is 10.1. The number of piperazine rings is 1. The largest absolute Gasteiger partial charge is 0.495 e. The Kier molecular flexibility index (Phi) is 4.28. The highest BCUT2D eigenvalue weighted by atomic mass is 16.5. The number of benzene rings is 2. The van der Waals surface area contributed by atoms with Crippen molar-refractivity contribution < 1.29 is 14.3 Å². The molecule has 3 rings (SSSR count). The molecule has 5 nitrogen and oxygen atoms in total. The van der Waals surface area contributed by atoms with Crippen LogP contribution in [-0.4, -0.2) is 36.9 Å². The van der Waals surface area contributed by atoms with E-state index in [0.717, 1.165) is 5.56 Å². The van der Waals surface area contributed by atoms with Gasteiger partial charge in [-0.05, 0) is 17.7 Å². The van der Waals surface area contributed by atoms with Gasteiger partial charge in [0.1, 0.15) is 5.75 Å². The van der Waals surface area contributed by atoms with E-state index in [-0.39, 0.29) is 0 Å². The molecule has 2 aromatic carbocycles. The van der Waals surface area contributed by atoms with Crippen LogP contribution in [0.15, 0.2) is 54.6 Å². The van der Waals surface area contributed by atoms with Gasteiger partial charge in [0.15, 0.2) is 0 Å². The van der Waals surface area contributed by atoms with E-state index in [1.54, 1.807) is 24.1 Å². The second kappa shape index (κ2) is 6.52. The van der Waals surface area contributed by atoms with E-state index in [2.05, 4.69) is 0 Å². The van der Waals surface area contributed by atoms with Crippen LogP contribution in [0.3, 0.4) is 0 Å². The Morgan fingerprint density at radius 1 is 0.913 bits per heavy atom. The third-order valence-corrected chi connectivity index (χ3v) is 3.90. The first-order valence-electron chi connectivity index (χ1n) is 7.48. The van der Waals surface area contributed by atoms with Gasteiger partial charge in [0.25, 0.3) is 0 Å². The Morgan fingerprint density at radius 2 is 1.61 bits per heavy atom. The number of rotatable bonds is 4. The zero-order valence-corrected chi connectivity index (χ0v) is 12.9. The predicted octanol–water partition coefficient (Wildman–Crippen LogP) is 2.07. The Labute approximate surface area is 135 Å². The van der Waals surface area contributed by atoms with Crippen LogP contribution in [0.4, 0.5) is 5.69 Å². The molecule has 2 aromatic rings. The minimum Gasteiger partial charge on any atom is -0.495 e. The molecule has 0 spiro atoms. The van der Waals surface area contributed by atoms with Crippen molar-refractivity contribution in [2.75, 3.05) is 25.1 Å². The molecule has 0 aromatic heterocycles. The SMILES string of the molecule is COc1ccccc1N1CCN(Cc2ccccc2)C(=O)C1=O. The first-order chi connectivity index (χ1) is 11.2. The van der Waals surface area contributed by atoms with Crippen LogP contribution in [-0.2, 0) is 16.1 Å². The monoisotopic (exact) mass is 310 g/mol. The quantitative estimate of drug-likeness (QED) is 0.812. The number of ether oxygens (including phenoxy) is 1. The summed E-state index contributed by atoms with van der Waals surface area (Å²) in [5, 5.41) is 0. The highest BCUT2D eigenvalue weighted by Crippen LogP contribution is 2.29. The molecule has 0 N–H and O–H groups in total. The fraction of sp³-hybridized carbons (Fsp3) is 0.222. The average Bonchev–Trinajstić information content (AvgIpc) is 2.60. The normalized spacial score (nSPS) is 15.0. The van der Waals surface area contributed by atoms with Gasteiger partial charge in [0, 0.05) is 19.6 Å². The Morgan fingerprint density at radius 3 is 2.35 bits per heavy atom. The summed E-state index contributed by atoms with van der Waals surface area (Å²) in [6, 6.07) is 16.9. The van der Waals surface area contributed by atoms with Crippen LogP contribution >= 0.6 is 0 Å². The van der Waals surface area contributed by atoms with Crippen molar-refractivity contribution in [2.45, 2.75) is 6.54 Å². The van der Waals surface area contributed by atoms with Crippen molar-refractivity contribution in [3.05, 3.63) is 60.2 Å². The minimum absolute atomic E-state index is 0.450. The number of methoxy groups -OCH3 is 1. The van der Waals surface area contributed by atoms with E-state index in [1.165, 1.54) is 4.90 Å². The van der Waals surface area contributed by atoms with Crippen LogP contribution in [0.2, 0.25) is 0 Å². The molecule has 1 aliphatic rings. The predicted molar refractivity (Wildman–Crippen MR) is 87.2 cm³/mol. The number of anilines is 1. The van der Waals surface area contributed by atoms with Crippen LogP contribution in [0, 0.1) is 0 Å². The lowest BCUT2D eigenvalue weighted by Crippen LogP contribution is -2.54. The molecule has 1 aliphatic heterocycles. The Balaban J connectivity index is 1.78. The van der Waals surface area contributed by atoms with Gasteiger partial charge in [-0.3, -0.25) is 14.5 Å². The van der Waals surface area contributed by atoms with Crippen molar-refractivity contribution in [2.24, 2.45) is 0 Å². The van der Waals surface area contributed by atoms with Crippen LogP contribution in [0.25, 0.3) is 0 Å². The molecule has 0 atom stereocenters. The van der Waals surface area contributed by atoms with E-state index >= 15 is 0 Å². The zero-order valence-electron chi connectivity index (χ0n) is 12.9. The first kappa shape index (κ1) is 15.1. The molecule has 1 fully saturated rings. The second-order valence-electron chi connectivity index (χ2n) is 5.34. The summed E-state index contributed by atoms with van der Waals surface area (Å²) < 4.78 is 5.29. The number of hydrogen-bond acceptors (Lipinski definition) is 3. The number of para-hydroxylation sites is 2. The molecule has 5 heteroatoms. The maximum Gasteiger partial charge on any atom is 0.316 e. The van der Waals surface area contributed by atoms with E-state index < -0.39 is 11.8 Å². The third-order valence-electron chi connectivity index (χ3n) is 3.90. The lowest BCUT2D eigenvalue weighted by molar-refractivity contribution is -0.146. The highest BCUT2D eigenvalue weighted by Gasteiger charge is 2.34. The lowest BCUT2D eigenvalue weighted by Gasteiger charge is -2.34. The third kappa shape index (κ3) is 3.04. The molecule has 0 radical (unpaired) electrons. The second-order valence-corrected chi connectivity index (χ2v) is 5.34. The van der Waals surface area contributed by atoms with Gasteiger partial charge in [0.05, 0.1) is 12.8 Å². The van der Waals surface area contributed by atoms with Gasteiger partial charge in [-0.25, -0.2) is 0 Å². The molecule has 23 heavy (non-hydrogen) atoms. The maximum absolute atomic E-state index is 12.5. The standard InChI is InChI=1S/C18H18N2O3/c1-23-16-10-6-5-9-15(16)20-12-11-19(17(21)18(20)22)13-14-7-3-2-4-8-14/h2-10H,11-13H2,1H3. The highest BCUT2D eigenvalue weighted by molar-refractivity contribution is 6.41. The number of nitrogens with zero attached hydrogens (tertiary/aromatic N) is 2. The summed E-state index contributed by atoms with van der Waals surface area (Å²) in [7, 11) is 1.55. The summed E-state index contributed by atoms with van der Waals surface area (Å²) in [5.41, 5.74) is 1.65. The summed E-state index contributed by atoms with van der Waals surface area (Å²) in [5.74, 6) is -0.409. The van der Waals surface area contributed by atoms with Crippen molar-refractivity contribution in [1.82, 2.24) is 4.90 Å². The van der Waals surface area contributed by atoms with Crippen LogP contribution in [0.1, 0.15) is 5.56 Å².